The molecule has 1 aliphatic heterocycles. The average molecular weight is 333 g/mol. The lowest BCUT2D eigenvalue weighted by Gasteiger charge is -2.36. The van der Waals surface area contributed by atoms with E-state index < -0.39 is 12.0 Å². The summed E-state index contributed by atoms with van der Waals surface area (Å²) < 4.78 is 0. The number of carboxylic acid groups (broad SMARTS) is 1. The van der Waals surface area contributed by atoms with E-state index in [0.717, 1.165) is 13.1 Å². The van der Waals surface area contributed by atoms with E-state index in [-0.39, 0.29) is 10.8 Å². The van der Waals surface area contributed by atoms with Crippen molar-refractivity contribution in [2.75, 3.05) is 26.2 Å². The Morgan fingerprint density at radius 3 is 2.48 bits per heavy atom. The van der Waals surface area contributed by atoms with E-state index in [1.165, 1.54) is 6.07 Å². The normalized spacial score (nSPS) is 18.6. The fourth-order valence-corrected chi connectivity index (χ4v) is 2.98. The number of phenols is 1. The largest absolute Gasteiger partial charge is 0.506 e. The van der Waals surface area contributed by atoms with Crippen molar-refractivity contribution in [3.63, 3.8) is 0 Å². The van der Waals surface area contributed by atoms with Gasteiger partial charge in [0.05, 0.1) is 5.02 Å². The van der Waals surface area contributed by atoms with Crippen LogP contribution in [0.3, 0.4) is 0 Å². The first kappa shape index (κ1) is 16.4. The Balaban J connectivity index is 1.97. The quantitative estimate of drug-likeness (QED) is 0.885. The van der Waals surface area contributed by atoms with Crippen LogP contribution in [-0.2, 0) is 11.3 Å². The Labute approximate surface area is 133 Å². The highest BCUT2D eigenvalue weighted by Crippen LogP contribution is 2.32. The van der Waals surface area contributed by atoms with Crippen molar-refractivity contribution in [3.8, 4) is 5.75 Å². The number of carboxylic acids is 1. The molecule has 0 saturated carbocycles. The van der Waals surface area contributed by atoms with Crippen molar-refractivity contribution in [3.05, 3.63) is 27.7 Å². The zero-order valence-corrected chi connectivity index (χ0v) is 13.2. The number of hydrogen-bond donors (Lipinski definition) is 2. The second-order valence-electron chi connectivity index (χ2n) is 5.22. The Hall–Kier alpha value is -1.01. The summed E-state index contributed by atoms with van der Waals surface area (Å²) in [5.41, 5.74) is 0.687. The van der Waals surface area contributed by atoms with Crippen LogP contribution in [0.1, 0.15) is 12.5 Å². The highest BCUT2D eigenvalue weighted by molar-refractivity contribution is 6.35. The Bertz CT molecular complexity index is 531. The molecular weight excluding hydrogens is 315 g/mol. The third kappa shape index (κ3) is 4.01. The number of nitrogens with zero attached hydrogens (tertiary/aromatic N) is 2. The molecule has 1 heterocycles. The van der Waals surface area contributed by atoms with Gasteiger partial charge in [-0.3, -0.25) is 14.6 Å². The molecule has 0 radical (unpaired) electrons. The van der Waals surface area contributed by atoms with Crippen molar-refractivity contribution in [2.24, 2.45) is 0 Å². The third-order valence-electron chi connectivity index (χ3n) is 3.81. The molecule has 1 aromatic rings. The van der Waals surface area contributed by atoms with E-state index in [2.05, 4.69) is 4.90 Å². The first-order valence-electron chi connectivity index (χ1n) is 6.74. The van der Waals surface area contributed by atoms with Crippen LogP contribution >= 0.6 is 23.2 Å². The second kappa shape index (κ2) is 6.83. The van der Waals surface area contributed by atoms with Crippen LogP contribution in [0.4, 0.5) is 0 Å². The zero-order valence-electron chi connectivity index (χ0n) is 11.7. The minimum atomic E-state index is -0.803. The number of phenolic OH excluding ortho intramolecular Hbond substituents is 1. The Morgan fingerprint density at radius 1 is 1.29 bits per heavy atom. The van der Waals surface area contributed by atoms with E-state index in [4.69, 9.17) is 28.3 Å². The lowest BCUT2D eigenvalue weighted by Crippen LogP contribution is -2.51. The zero-order chi connectivity index (χ0) is 15.6. The fraction of sp³-hybridized carbons (Fsp3) is 0.500. The highest BCUT2D eigenvalue weighted by atomic mass is 35.5. The predicted molar refractivity (Wildman–Crippen MR) is 82.1 cm³/mol. The van der Waals surface area contributed by atoms with Crippen molar-refractivity contribution in [2.45, 2.75) is 19.5 Å². The topological polar surface area (TPSA) is 64.0 Å². The summed E-state index contributed by atoms with van der Waals surface area (Å²) >= 11 is 11.9. The maximum Gasteiger partial charge on any atom is 0.320 e. The van der Waals surface area contributed by atoms with Gasteiger partial charge in [0.2, 0.25) is 0 Å². The van der Waals surface area contributed by atoms with Gasteiger partial charge in [-0.25, -0.2) is 0 Å². The van der Waals surface area contributed by atoms with Crippen molar-refractivity contribution < 1.29 is 15.0 Å². The molecule has 7 heteroatoms. The van der Waals surface area contributed by atoms with Gasteiger partial charge >= 0.3 is 5.97 Å². The van der Waals surface area contributed by atoms with Crippen molar-refractivity contribution in [1.29, 1.82) is 0 Å². The van der Waals surface area contributed by atoms with Gasteiger partial charge in [-0.2, -0.15) is 0 Å². The second-order valence-corrected chi connectivity index (χ2v) is 6.07. The molecule has 1 aliphatic rings. The smallest absolute Gasteiger partial charge is 0.320 e. The van der Waals surface area contributed by atoms with Crippen LogP contribution in [0.5, 0.6) is 5.75 Å². The first-order chi connectivity index (χ1) is 9.88. The molecule has 1 atom stereocenters. The van der Waals surface area contributed by atoms with Crippen molar-refractivity contribution >= 4 is 29.2 Å². The maximum absolute atomic E-state index is 11.0. The Morgan fingerprint density at radius 2 is 1.90 bits per heavy atom. The summed E-state index contributed by atoms with van der Waals surface area (Å²) in [7, 11) is 0. The van der Waals surface area contributed by atoms with Crippen LogP contribution in [0.25, 0.3) is 0 Å². The molecule has 21 heavy (non-hydrogen) atoms. The molecular formula is C14H18Cl2N2O3. The van der Waals surface area contributed by atoms with Gasteiger partial charge in [-0.1, -0.05) is 23.2 Å². The van der Waals surface area contributed by atoms with Gasteiger partial charge in [0.25, 0.3) is 0 Å². The van der Waals surface area contributed by atoms with Crippen LogP contribution in [0, 0.1) is 0 Å². The minimum absolute atomic E-state index is 0.0578. The number of aliphatic carboxylic acids is 1. The fourth-order valence-electron chi connectivity index (χ4n) is 2.45. The van der Waals surface area contributed by atoms with Gasteiger partial charge < -0.3 is 10.2 Å². The summed E-state index contributed by atoms with van der Waals surface area (Å²) in [4.78, 5) is 15.1. The van der Waals surface area contributed by atoms with E-state index in [0.29, 0.717) is 30.2 Å². The molecule has 0 aromatic heterocycles. The predicted octanol–water partition coefficient (Wildman–Crippen LogP) is 2.29. The van der Waals surface area contributed by atoms with Crippen LogP contribution in [-0.4, -0.2) is 58.2 Å². The van der Waals surface area contributed by atoms with Gasteiger partial charge in [-0.15, -0.1) is 0 Å². The van der Waals surface area contributed by atoms with E-state index in [1.807, 2.05) is 4.90 Å². The molecule has 0 amide bonds. The number of rotatable bonds is 4. The van der Waals surface area contributed by atoms with Gasteiger partial charge in [0, 0.05) is 43.3 Å². The number of carbonyl (C=O) groups is 1. The molecule has 1 aromatic carbocycles. The third-order valence-corrected chi connectivity index (χ3v) is 4.32. The maximum atomic E-state index is 11.0. The molecule has 2 rings (SSSR count). The molecule has 0 bridgehead atoms. The van der Waals surface area contributed by atoms with E-state index in [9.17, 15) is 9.90 Å². The van der Waals surface area contributed by atoms with E-state index >= 15 is 0 Å². The summed E-state index contributed by atoms with van der Waals surface area (Å²) in [5.74, 6) is -0.745. The first-order valence-corrected chi connectivity index (χ1v) is 7.50. The van der Waals surface area contributed by atoms with Crippen LogP contribution in [0.15, 0.2) is 12.1 Å². The molecule has 2 N–H and O–H groups in total. The molecule has 116 valence electrons. The summed E-state index contributed by atoms with van der Waals surface area (Å²) in [6, 6.07) is 2.74. The lowest BCUT2D eigenvalue weighted by molar-refractivity contribution is -0.143. The van der Waals surface area contributed by atoms with Crippen molar-refractivity contribution in [1.82, 2.24) is 9.80 Å². The van der Waals surface area contributed by atoms with E-state index in [1.54, 1.807) is 13.0 Å². The monoisotopic (exact) mass is 332 g/mol. The van der Waals surface area contributed by atoms with Crippen LogP contribution in [0.2, 0.25) is 10.0 Å². The molecule has 0 aliphatic carbocycles. The van der Waals surface area contributed by atoms with Gasteiger partial charge in [-0.05, 0) is 19.1 Å². The summed E-state index contributed by atoms with van der Waals surface area (Å²) in [6.07, 6.45) is 0. The molecule has 1 fully saturated rings. The lowest BCUT2D eigenvalue weighted by atomic mass is 10.1. The summed E-state index contributed by atoms with van der Waals surface area (Å²) in [5, 5.41) is 19.7. The number of piperazine rings is 1. The molecule has 1 saturated heterocycles. The Kier molecular flexibility index (Phi) is 5.32. The standard InChI is InChI=1S/C14H18Cl2N2O3/c1-9(14(20)21)18-4-2-17(3-5-18)8-10-6-11(15)7-12(16)13(10)19/h6-7,9,19H,2-5,8H2,1H3,(H,20,21). The number of benzene rings is 1. The SMILES string of the molecule is CC(C(=O)O)N1CCN(Cc2cc(Cl)cc(Cl)c2O)CC1. The highest BCUT2D eigenvalue weighted by Gasteiger charge is 2.25. The minimum Gasteiger partial charge on any atom is -0.506 e. The van der Waals surface area contributed by atoms with Gasteiger partial charge in [0.15, 0.2) is 0 Å². The number of aromatic hydroxyl groups is 1. The molecule has 0 spiro atoms. The summed E-state index contributed by atoms with van der Waals surface area (Å²) in [6.45, 7) is 5.08. The molecule has 1 unspecified atom stereocenters. The molecule has 5 nitrogen and oxygen atoms in total. The number of hydrogen-bond acceptors (Lipinski definition) is 4. The number of halogens is 2. The van der Waals surface area contributed by atoms with Crippen LogP contribution < -0.4 is 0 Å². The average Bonchev–Trinajstić information content (AvgIpc) is 2.44. The van der Waals surface area contributed by atoms with Gasteiger partial charge in [0.1, 0.15) is 11.8 Å².